The van der Waals surface area contributed by atoms with Crippen LogP contribution in [-0.4, -0.2) is 12.8 Å². The molecule has 0 heterocycles. The molecule has 1 aliphatic carbocycles. The Bertz CT molecular complexity index is 782. The molecular formula is C17H12O4. The van der Waals surface area contributed by atoms with Crippen LogP contribution in [0.2, 0.25) is 0 Å². The van der Waals surface area contributed by atoms with Gasteiger partial charge in [0.1, 0.15) is 17.1 Å². The minimum Gasteiger partial charge on any atom is -0.466 e. The first-order valence-corrected chi connectivity index (χ1v) is 6.34. The van der Waals surface area contributed by atoms with Gasteiger partial charge in [0.2, 0.25) is 6.79 Å². The third-order valence-corrected chi connectivity index (χ3v) is 2.91. The molecule has 0 atom stereocenters. The van der Waals surface area contributed by atoms with Crippen molar-refractivity contribution in [2.24, 2.45) is 0 Å². The molecule has 21 heavy (non-hydrogen) atoms. The number of benzene rings is 2. The van der Waals surface area contributed by atoms with Gasteiger partial charge < -0.3 is 14.2 Å². The second-order valence-electron chi connectivity index (χ2n) is 4.36. The van der Waals surface area contributed by atoms with E-state index in [0.717, 1.165) is 10.8 Å². The van der Waals surface area contributed by atoms with Gasteiger partial charge in [-0.15, -0.1) is 5.73 Å². The molecule has 0 fully saturated rings. The van der Waals surface area contributed by atoms with E-state index in [2.05, 4.69) is 12.3 Å². The summed E-state index contributed by atoms with van der Waals surface area (Å²) in [6.07, 6.45) is 2.92. The molecule has 2 aromatic rings. The lowest BCUT2D eigenvalue weighted by Gasteiger charge is -2.08. The quantitative estimate of drug-likeness (QED) is 0.203. The molecule has 0 saturated carbocycles. The van der Waals surface area contributed by atoms with Crippen LogP contribution in [0.15, 0.2) is 66.6 Å². The number of rotatable bonds is 6. The Labute approximate surface area is 121 Å². The van der Waals surface area contributed by atoms with Gasteiger partial charge in [0.05, 0.1) is 6.26 Å². The third kappa shape index (κ3) is 3.14. The van der Waals surface area contributed by atoms with Crippen LogP contribution in [0.5, 0.6) is 11.5 Å². The summed E-state index contributed by atoms with van der Waals surface area (Å²) in [5, 5.41) is 1.93. The first-order valence-electron chi connectivity index (χ1n) is 6.34. The fourth-order valence-corrected chi connectivity index (χ4v) is 1.82. The van der Waals surface area contributed by atoms with Crippen LogP contribution < -0.4 is 9.47 Å². The van der Waals surface area contributed by atoms with E-state index in [4.69, 9.17) is 14.2 Å². The van der Waals surface area contributed by atoms with Gasteiger partial charge in [-0.05, 0) is 35.0 Å². The van der Waals surface area contributed by atoms with E-state index in [-0.39, 0.29) is 12.8 Å². The second kappa shape index (κ2) is 5.57. The van der Waals surface area contributed by atoms with Crippen LogP contribution in [-0.2, 0) is 9.53 Å². The molecule has 0 aromatic heterocycles. The van der Waals surface area contributed by atoms with Crippen LogP contribution in [0.1, 0.15) is 0 Å². The molecular weight excluding hydrogens is 268 g/mol. The Morgan fingerprint density at radius 2 is 1.81 bits per heavy atom. The Morgan fingerprint density at radius 1 is 1.14 bits per heavy atom. The average molecular weight is 280 g/mol. The zero-order valence-corrected chi connectivity index (χ0v) is 11.2. The van der Waals surface area contributed by atoms with Crippen molar-refractivity contribution in [3.63, 3.8) is 0 Å². The molecule has 104 valence electrons. The summed E-state index contributed by atoms with van der Waals surface area (Å²) in [5.74, 6) is 0.822. The van der Waals surface area contributed by atoms with Crippen molar-refractivity contribution < 1.29 is 19.0 Å². The van der Waals surface area contributed by atoms with Gasteiger partial charge in [-0.3, -0.25) is 0 Å². The molecule has 2 aromatic carbocycles. The summed E-state index contributed by atoms with van der Waals surface area (Å²) in [6.45, 7) is 3.56. The standard InChI is InChI=1S/C17H12O4/c1-2-19-11-20-15-7-5-14-10-16(8-6-13(14)9-15)21-17(18)12-3-4-12/h2-3,5-10H,1,11H2. The minimum absolute atomic E-state index is 0.118. The zero-order valence-electron chi connectivity index (χ0n) is 11.2. The highest BCUT2D eigenvalue weighted by molar-refractivity contribution is 5.97. The first-order chi connectivity index (χ1) is 10.3. The number of fused-ring (bicyclic) bond motifs is 1. The van der Waals surface area contributed by atoms with Crippen LogP contribution >= 0.6 is 0 Å². The van der Waals surface area contributed by atoms with Crippen molar-refractivity contribution in [3.05, 3.63) is 66.6 Å². The lowest BCUT2D eigenvalue weighted by Crippen LogP contribution is -2.05. The number of esters is 1. The summed E-state index contributed by atoms with van der Waals surface area (Å²) in [5.41, 5.74) is 3.19. The molecule has 0 bridgehead atoms. The predicted molar refractivity (Wildman–Crippen MR) is 78.0 cm³/mol. The van der Waals surface area contributed by atoms with E-state index in [1.807, 2.05) is 24.3 Å². The highest BCUT2D eigenvalue weighted by Crippen LogP contribution is 2.26. The molecule has 0 unspecified atom stereocenters. The fourth-order valence-electron chi connectivity index (χ4n) is 1.82. The summed E-state index contributed by atoms with van der Waals surface area (Å²) in [7, 11) is 0. The van der Waals surface area contributed by atoms with Crippen molar-refractivity contribution in [1.82, 2.24) is 0 Å². The van der Waals surface area contributed by atoms with Gasteiger partial charge in [0.25, 0.3) is 0 Å². The van der Waals surface area contributed by atoms with Gasteiger partial charge in [0, 0.05) is 6.08 Å². The van der Waals surface area contributed by atoms with Crippen molar-refractivity contribution in [2.45, 2.75) is 0 Å². The number of ether oxygens (including phenoxy) is 3. The zero-order chi connectivity index (χ0) is 14.7. The van der Waals surface area contributed by atoms with Gasteiger partial charge in [-0.1, -0.05) is 18.7 Å². The highest BCUT2D eigenvalue weighted by Gasteiger charge is 2.14. The lowest BCUT2D eigenvalue weighted by atomic mass is 10.1. The van der Waals surface area contributed by atoms with E-state index in [1.54, 1.807) is 18.2 Å². The lowest BCUT2D eigenvalue weighted by molar-refractivity contribution is -0.129. The van der Waals surface area contributed by atoms with Crippen molar-refractivity contribution >= 4 is 16.7 Å². The summed E-state index contributed by atoms with van der Waals surface area (Å²) in [4.78, 5) is 11.5. The Balaban J connectivity index is 1.75. The maximum atomic E-state index is 11.5. The van der Waals surface area contributed by atoms with Crippen LogP contribution in [0.4, 0.5) is 0 Å². The van der Waals surface area contributed by atoms with E-state index in [9.17, 15) is 4.79 Å². The molecule has 0 radical (unpaired) electrons. The number of carbonyl (C=O) groups excluding carboxylic acids is 1. The van der Waals surface area contributed by atoms with Gasteiger partial charge in [-0.2, -0.15) is 0 Å². The molecule has 0 amide bonds. The maximum absolute atomic E-state index is 11.5. The summed E-state index contributed by atoms with van der Waals surface area (Å²) >= 11 is 0. The molecule has 1 aliphatic rings. The summed E-state index contributed by atoms with van der Waals surface area (Å²) in [6, 6.07) is 11.0. The van der Waals surface area contributed by atoms with Crippen molar-refractivity contribution in [2.75, 3.05) is 6.79 Å². The smallest absolute Gasteiger partial charge is 0.352 e. The van der Waals surface area contributed by atoms with E-state index >= 15 is 0 Å². The van der Waals surface area contributed by atoms with Crippen LogP contribution in [0.25, 0.3) is 10.8 Å². The van der Waals surface area contributed by atoms with Gasteiger partial charge in [0.15, 0.2) is 0 Å². The van der Waals surface area contributed by atoms with E-state index in [1.165, 1.54) is 6.26 Å². The average Bonchev–Trinajstić information content (AvgIpc) is 3.32. The molecule has 0 saturated heterocycles. The molecule has 0 N–H and O–H groups in total. The maximum Gasteiger partial charge on any atom is 0.352 e. The number of hydrogen-bond acceptors (Lipinski definition) is 4. The molecule has 0 aliphatic heterocycles. The first kappa shape index (κ1) is 13.0. The van der Waals surface area contributed by atoms with E-state index in [0.29, 0.717) is 17.1 Å². The molecule has 4 nitrogen and oxygen atoms in total. The fraction of sp³-hybridized carbons (Fsp3) is 0.0588. The largest absolute Gasteiger partial charge is 0.466 e. The van der Waals surface area contributed by atoms with Crippen molar-refractivity contribution in [3.8, 4) is 11.5 Å². The van der Waals surface area contributed by atoms with Crippen LogP contribution in [0.3, 0.4) is 0 Å². The highest BCUT2D eigenvalue weighted by atomic mass is 16.7. The van der Waals surface area contributed by atoms with Crippen LogP contribution in [0, 0.1) is 0 Å². The predicted octanol–water partition coefficient (Wildman–Crippen LogP) is 3.34. The number of carbonyl (C=O) groups is 1. The second-order valence-corrected chi connectivity index (χ2v) is 4.36. The topological polar surface area (TPSA) is 44.8 Å². The van der Waals surface area contributed by atoms with Gasteiger partial charge >= 0.3 is 5.97 Å². The summed E-state index contributed by atoms with van der Waals surface area (Å²) < 4.78 is 15.5. The molecule has 0 spiro atoms. The Hall–Kier alpha value is -2.97. The van der Waals surface area contributed by atoms with Gasteiger partial charge in [-0.25, -0.2) is 4.79 Å². The van der Waals surface area contributed by atoms with E-state index < -0.39 is 0 Å². The molecule has 4 heteroatoms. The molecule has 3 rings (SSSR count). The Morgan fingerprint density at radius 3 is 2.48 bits per heavy atom. The normalized spacial score (nSPS) is 11.7. The Kier molecular flexibility index (Phi) is 3.46. The number of hydrogen-bond donors (Lipinski definition) is 0. The van der Waals surface area contributed by atoms with Crippen molar-refractivity contribution in [1.29, 1.82) is 0 Å². The monoisotopic (exact) mass is 280 g/mol. The third-order valence-electron chi connectivity index (χ3n) is 2.91. The minimum atomic E-state index is -0.379. The SMILES string of the molecule is C=COCOc1ccc2cc(OC(=O)C3=C=C3)ccc2c1.